The van der Waals surface area contributed by atoms with Crippen LogP contribution in [0.3, 0.4) is 0 Å². The fourth-order valence-corrected chi connectivity index (χ4v) is 4.16. The van der Waals surface area contributed by atoms with Crippen LogP contribution < -0.4 is 29.3 Å². The molecule has 2 heterocycles. The van der Waals surface area contributed by atoms with Gasteiger partial charge in [-0.3, -0.25) is 0 Å². The van der Waals surface area contributed by atoms with Crippen molar-refractivity contribution in [2.75, 3.05) is 20.8 Å². The van der Waals surface area contributed by atoms with Gasteiger partial charge >= 0.3 is 11.6 Å². The fourth-order valence-electron chi connectivity index (χ4n) is 4.16. The number of methoxy groups -OCH3 is 2. The van der Waals surface area contributed by atoms with E-state index in [-0.39, 0.29) is 28.6 Å². The number of ether oxygens (including phenoxy) is 5. The standard InChI is InChI=1S/C29H24O9/c1-33-21-14-18(9-11-20(21)35-24(31)12-8-17-6-4-3-5-7-17)26-23(16-30)36-29-27-19(10-13-25(32)37-27)15-22(34-2)28(29)38-26/h3-15,23,26,30H,16H2,1-2H3/t23-,26-/m1/s1. The first-order valence-corrected chi connectivity index (χ1v) is 11.7. The maximum absolute atomic E-state index is 12.4. The average molecular weight is 517 g/mol. The summed E-state index contributed by atoms with van der Waals surface area (Å²) in [4.78, 5) is 24.2. The molecule has 0 saturated heterocycles. The molecule has 9 nitrogen and oxygen atoms in total. The maximum atomic E-state index is 12.4. The van der Waals surface area contributed by atoms with Gasteiger partial charge in [0, 0.05) is 23.1 Å². The third-order valence-corrected chi connectivity index (χ3v) is 5.98. The Morgan fingerprint density at radius 2 is 1.71 bits per heavy atom. The largest absolute Gasteiger partial charge is 0.493 e. The summed E-state index contributed by atoms with van der Waals surface area (Å²) in [5, 5.41) is 10.7. The van der Waals surface area contributed by atoms with E-state index in [2.05, 4.69) is 0 Å². The monoisotopic (exact) mass is 516 g/mol. The molecule has 0 radical (unpaired) electrons. The Hall–Kier alpha value is -4.76. The van der Waals surface area contributed by atoms with Gasteiger partial charge in [0.25, 0.3) is 0 Å². The lowest BCUT2D eigenvalue weighted by Crippen LogP contribution is -2.36. The lowest BCUT2D eigenvalue weighted by atomic mass is 10.0. The number of hydrogen-bond acceptors (Lipinski definition) is 9. The van der Waals surface area contributed by atoms with Crippen LogP contribution in [0, 0.1) is 0 Å². The second-order valence-electron chi connectivity index (χ2n) is 8.36. The Morgan fingerprint density at radius 1 is 0.921 bits per heavy atom. The number of carbonyl (C=O) groups excluding carboxylic acids is 1. The number of aliphatic hydroxyl groups excluding tert-OH is 1. The lowest BCUT2D eigenvalue weighted by molar-refractivity contribution is -0.129. The molecule has 1 N–H and O–H groups in total. The highest BCUT2D eigenvalue weighted by Crippen LogP contribution is 2.50. The molecule has 0 aliphatic carbocycles. The van der Waals surface area contributed by atoms with Crippen molar-refractivity contribution in [3.05, 3.63) is 94.4 Å². The average Bonchev–Trinajstić information content (AvgIpc) is 2.95. The fraction of sp³-hybridized carbons (Fsp3) is 0.172. The normalized spacial score (nSPS) is 16.4. The van der Waals surface area contributed by atoms with E-state index in [0.717, 1.165) is 5.56 Å². The van der Waals surface area contributed by atoms with Crippen LogP contribution >= 0.6 is 0 Å². The summed E-state index contributed by atoms with van der Waals surface area (Å²) in [6.45, 7) is -0.400. The van der Waals surface area contributed by atoms with Crippen LogP contribution in [0.25, 0.3) is 17.0 Å². The third-order valence-electron chi connectivity index (χ3n) is 5.98. The van der Waals surface area contributed by atoms with E-state index in [1.807, 2.05) is 30.3 Å². The zero-order chi connectivity index (χ0) is 26.6. The minimum atomic E-state index is -0.852. The molecule has 1 aromatic heterocycles. The quantitative estimate of drug-likeness (QED) is 0.166. The van der Waals surface area contributed by atoms with Crippen LogP contribution in [0.1, 0.15) is 17.2 Å². The SMILES string of the molecule is COc1cc([C@H]2Oc3c(OC)cc4ccc(=O)oc4c3O[C@@H]2CO)ccc1OC(=O)C=Cc1ccccc1. The van der Waals surface area contributed by atoms with Crippen molar-refractivity contribution in [3.63, 3.8) is 0 Å². The number of esters is 1. The highest BCUT2D eigenvalue weighted by Gasteiger charge is 2.37. The van der Waals surface area contributed by atoms with E-state index in [1.54, 1.807) is 36.4 Å². The number of benzene rings is 3. The number of rotatable bonds is 7. The van der Waals surface area contributed by atoms with Gasteiger partial charge in [-0.1, -0.05) is 36.4 Å². The van der Waals surface area contributed by atoms with Gasteiger partial charge in [-0.2, -0.15) is 0 Å². The van der Waals surface area contributed by atoms with Crippen LogP contribution in [0.15, 0.2) is 82.0 Å². The molecule has 0 fully saturated rings. The molecule has 0 spiro atoms. The topological polar surface area (TPSA) is 114 Å². The molecule has 0 amide bonds. The minimum absolute atomic E-state index is 0.162. The molecular formula is C29H24O9. The molecular weight excluding hydrogens is 492 g/mol. The molecule has 4 aromatic rings. The van der Waals surface area contributed by atoms with E-state index < -0.39 is 30.4 Å². The Labute approximate surface area is 217 Å². The molecule has 0 bridgehead atoms. The molecule has 5 rings (SSSR count). The molecule has 3 aromatic carbocycles. The molecule has 194 valence electrons. The molecule has 1 aliphatic rings. The number of hydrogen-bond donors (Lipinski definition) is 1. The summed E-state index contributed by atoms with van der Waals surface area (Å²) in [5.41, 5.74) is 1.08. The van der Waals surface area contributed by atoms with Gasteiger partial charge in [-0.25, -0.2) is 9.59 Å². The predicted octanol–water partition coefficient (Wildman–Crippen LogP) is 4.30. The second-order valence-corrected chi connectivity index (χ2v) is 8.36. The van der Waals surface area contributed by atoms with Crippen molar-refractivity contribution in [1.82, 2.24) is 0 Å². The van der Waals surface area contributed by atoms with Gasteiger partial charge in [0.1, 0.15) is 0 Å². The Morgan fingerprint density at radius 3 is 2.45 bits per heavy atom. The second kappa shape index (κ2) is 10.7. The summed E-state index contributed by atoms with van der Waals surface area (Å²) < 4.78 is 34.1. The summed E-state index contributed by atoms with van der Waals surface area (Å²) in [6, 6.07) is 18.8. The van der Waals surface area contributed by atoms with Crippen molar-refractivity contribution in [1.29, 1.82) is 0 Å². The van der Waals surface area contributed by atoms with E-state index in [1.165, 1.54) is 26.4 Å². The first-order chi connectivity index (χ1) is 18.5. The van der Waals surface area contributed by atoms with Gasteiger partial charge in [-0.05, 0) is 35.9 Å². The van der Waals surface area contributed by atoms with Gasteiger partial charge in [0.15, 0.2) is 35.0 Å². The zero-order valence-electron chi connectivity index (χ0n) is 20.6. The van der Waals surface area contributed by atoms with Crippen LogP contribution in [0.4, 0.5) is 0 Å². The lowest BCUT2D eigenvalue weighted by Gasteiger charge is -2.34. The molecule has 0 unspecified atom stereocenters. The van der Waals surface area contributed by atoms with E-state index >= 15 is 0 Å². The van der Waals surface area contributed by atoms with Crippen molar-refractivity contribution < 1.29 is 38.0 Å². The molecule has 2 atom stereocenters. The minimum Gasteiger partial charge on any atom is -0.493 e. The molecule has 9 heteroatoms. The number of carbonyl (C=O) groups is 1. The Balaban J connectivity index is 1.44. The van der Waals surface area contributed by atoms with Crippen LogP contribution in [0.5, 0.6) is 28.7 Å². The summed E-state index contributed by atoms with van der Waals surface area (Å²) >= 11 is 0. The van der Waals surface area contributed by atoms with Crippen molar-refractivity contribution in [3.8, 4) is 28.7 Å². The molecule has 1 aliphatic heterocycles. The Bertz CT molecular complexity index is 1560. The third kappa shape index (κ3) is 4.91. The van der Waals surface area contributed by atoms with Gasteiger partial charge in [-0.15, -0.1) is 0 Å². The summed E-state index contributed by atoms with van der Waals surface area (Å²) in [5.74, 6) is 0.677. The smallest absolute Gasteiger partial charge is 0.336 e. The number of aliphatic hydroxyl groups is 1. The van der Waals surface area contributed by atoms with Crippen molar-refractivity contribution in [2.45, 2.75) is 12.2 Å². The predicted molar refractivity (Wildman–Crippen MR) is 138 cm³/mol. The van der Waals surface area contributed by atoms with Crippen LogP contribution in [-0.2, 0) is 4.79 Å². The van der Waals surface area contributed by atoms with Crippen molar-refractivity contribution >= 4 is 23.0 Å². The zero-order valence-corrected chi connectivity index (χ0v) is 20.6. The van der Waals surface area contributed by atoms with Gasteiger partial charge in [0.05, 0.1) is 20.8 Å². The highest BCUT2D eigenvalue weighted by atomic mass is 16.6. The van der Waals surface area contributed by atoms with Crippen LogP contribution in [0.2, 0.25) is 0 Å². The maximum Gasteiger partial charge on any atom is 0.336 e. The highest BCUT2D eigenvalue weighted by molar-refractivity contribution is 5.89. The molecule has 38 heavy (non-hydrogen) atoms. The first kappa shape index (κ1) is 24.9. The summed E-state index contributed by atoms with van der Waals surface area (Å²) in [7, 11) is 2.93. The summed E-state index contributed by atoms with van der Waals surface area (Å²) in [6.07, 6.45) is 1.34. The van der Waals surface area contributed by atoms with Gasteiger partial charge < -0.3 is 33.2 Å². The molecule has 0 saturated carbocycles. The Kier molecular flexibility index (Phi) is 7.01. The van der Waals surface area contributed by atoms with Crippen molar-refractivity contribution in [2.24, 2.45) is 0 Å². The first-order valence-electron chi connectivity index (χ1n) is 11.7. The van der Waals surface area contributed by atoms with E-state index in [0.29, 0.717) is 16.7 Å². The number of fused-ring (bicyclic) bond motifs is 3. The van der Waals surface area contributed by atoms with E-state index in [9.17, 15) is 14.7 Å². The van der Waals surface area contributed by atoms with Gasteiger partial charge in [0.2, 0.25) is 11.5 Å². The van der Waals surface area contributed by atoms with Crippen LogP contribution in [-0.4, -0.2) is 38.0 Å². The van der Waals surface area contributed by atoms with E-state index in [4.69, 9.17) is 28.1 Å².